The van der Waals surface area contributed by atoms with Crippen LogP contribution in [-0.4, -0.2) is 17.8 Å². The highest BCUT2D eigenvalue weighted by Gasteiger charge is 1.97. The van der Waals surface area contributed by atoms with Gasteiger partial charge in [-0.1, -0.05) is 30.4 Å². The molecule has 2 nitrogen and oxygen atoms in total. The van der Waals surface area contributed by atoms with Crippen LogP contribution in [0, 0.1) is 5.82 Å². The van der Waals surface area contributed by atoms with Gasteiger partial charge < -0.3 is 10.8 Å². The lowest BCUT2D eigenvalue weighted by Gasteiger charge is -1.99. The minimum absolute atomic E-state index is 0.144. The van der Waals surface area contributed by atoms with Crippen molar-refractivity contribution in [2.45, 2.75) is 6.10 Å². The first-order valence-electron chi connectivity index (χ1n) is 4.05. The van der Waals surface area contributed by atoms with Gasteiger partial charge in [-0.25, -0.2) is 4.39 Å². The maximum Gasteiger partial charge on any atom is 0.130 e. The highest BCUT2D eigenvalue weighted by atomic mass is 19.1. The zero-order valence-electron chi connectivity index (χ0n) is 7.15. The van der Waals surface area contributed by atoms with Crippen LogP contribution in [0.15, 0.2) is 30.3 Å². The van der Waals surface area contributed by atoms with Gasteiger partial charge >= 0.3 is 0 Å². The van der Waals surface area contributed by atoms with E-state index >= 15 is 0 Å². The van der Waals surface area contributed by atoms with Crippen LogP contribution in [0.4, 0.5) is 4.39 Å². The zero-order chi connectivity index (χ0) is 9.68. The predicted molar refractivity (Wildman–Crippen MR) is 50.5 cm³/mol. The predicted octanol–water partition coefficient (Wildman–Crippen LogP) is 1.16. The molecular formula is C10H12FNO. The second kappa shape index (κ2) is 4.74. The van der Waals surface area contributed by atoms with Gasteiger partial charge in [0.1, 0.15) is 5.82 Å². The molecule has 0 saturated heterocycles. The van der Waals surface area contributed by atoms with Crippen molar-refractivity contribution in [3.63, 3.8) is 0 Å². The quantitative estimate of drug-likeness (QED) is 0.735. The van der Waals surface area contributed by atoms with Gasteiger partial charge in [0, 0.05) is 12.1 Å². The molecule has 0 fully saturated rings. The van der Waals surface area contributed by atoms with Crippen molar-refractivity contribution >= 4 is 6.08 Å². The number of hydrogen-bond donors (Lipinski definition) is 2. The molecule has 3 heteroatoms. The molecule has 1 unspecified atom stereocenters. The van der Waals surface area contributed by atoms with Crippen LogP contribution in [0.2, 0.25) is 0 Å². The molecule has 0 heterocycles. The number of aliphatic hydroxyl groups excluding tert-OH is 1. The van der Waals surface area contributed by atoms with E-state index in [0.717, 1.165) is 0 Å². The van der Waals surface area contributed by atoms with Crippen LogP contribution in [-0.2, 0) is 0 Å². The van der Waals surface area contributed by atoms with E-state index in [1.807, 2.05) is 0 Å². The minimum Gasteiger partial charge on any atom is -0.388 e. The van der Waals surface area contributed by atoms with Crippen molar-refractivity contribution in [1.29, 1.82) is 0 Å². The summed E-state index contributed by atoms with van der Waals surface area (Å²) in [6.45, 7) is 0.144. The lowest BCUT2D eigenvalue weighted by molar-refractivity contribution is 0.232. The fourth-order valence-electron chi connectivity index (χ4n) is 0.904. The molecule has 0 spiro atoms. The molecule has 0 aliphatic rings. The second-order valence-electron chi connectivity index (χ2n) is 2.68. The average Bonchev–Trinajstić information content (AvgIpc) is 2.16. The highest BCUT2D eigenvalue weighted by Crippen LogP contribution is 2.08. The number of aliphatic hydroxyl groups is 1. The van der Waals surface area contributed by atoms with Crippen LogP contribution in [0.3, 0.4) is 0 Å². The van der Waals surface area contributed by atoms with Crippen LogP contribution >= 0.6 is 0 Å². The lowest BCUT2D eigenvalue weighted by atomic mass is 10.2. The van der Waals surface area contributed by atoms with Gasteiger partial charge in [-0.2, -0.15) is 0 Å². The summed E-state index contributed by atoms with van der Waals surface area (Å²) in [6.07, 6.45) is 2.28. The van der Waals surface area contributed by atoms with E-state index < -0.39 is 6.10 Å². The Morgan fingerprint density at radius 1 is 1.46 bits per heavy atom. The maximum atomic E-state index is 13.0. The normalized spacial score (nSPS) is 13.5. The first kappa shape index (κ1) is 9.89. The molecule has 0 radical (unpaired) electrons. The van der Waals surface area contributed by atoms with E-state index in [2.05, 4.69) is 0 Å². The molecule has 0 saturated carbocycles. The van der Waals surface area contributed by atoms with Crippen LogP contribution < -0.4 is 5.73 Å². The third-order valence-electron chi connectivity index (χ3n) is 1.64. The molecule has 3 N–H and O–H groups in total. The van der Waals surface area contributed by atoms with E-state index in [-0.39, 0.29) is 12.4 Å². The van der Waals surface area contributed by atoms with E-state index in [0.29, 0.717) is 5.56 Å². The minimum atomic E-state index is -0.709. The second-order valence-corrected chi connectivity index (χ2v) is 2.68. The molecule has 0 aliphatic heterocycles. The van der Waals surface area contributed by atoms with Crippen LogP contribution in [0.1, 0.15) is 5.56 Å². The summed E-state index contributed by atoms with van der Waals surface area (Å²) >= 11 is 0. The van der Waals surface area contributed by atoms with E-state index in [1.54, 1.807) is 18.2 Å². The Morgan fingerprint density at radius 2 is 2.15 bits per heavy atom. The molecule has 0 aliphatic carbocycles. The van der Waals surface area contributed by atoms with E-state index in [1.165, 1.54) is 18.2 Å². The van der Waals surface area contributed by atoms with Crippen molar-refractivity contribution in [2.24, 2.45) is 5.73 Å². The van der Waals surface area contributed by atoms with Gasteiger partial charge in [0.15, 0.2) is 0 Å². The summed E-state index contributed by atoms with van der Waals surface area (Å²) in [5.41, 5.74) is 5.63. The summed E-state index contributed by atoms with van der Waals surface area (Å²) in [5.74, 6) is -0.303. The molecule has 1 rings (SSSR count). The summed E-state index contributed by atoms with van der Waals surface area (Å²) in [7, 11) is 0. The Kier molecular flexibility index (Phi) is 3.61. The monoisotopic (exact) mass is 181 g/mol. The molecule has 1 atom stereocenters. The van der Waals surface area contributed by atoms with Gasteiger partial charge in [0.2, 0.25) is 0 Å². The molecule has 0 amide bonds. The molecule has 0 aromatic heterocycles. The van der Waals surface area contributed by atoms with E-state index in [4.69, 9.17) is 10.8 Å². The number of halogens is 1. The van der Waals surface area contributed by atoms with Gasteiger partial charge in [-0.05, 0) is 6.07 Å². The summed E-state index contributed by atoms with van der Waals surface area (Å²) in [6, 6.07) is 6.35. The largest absolute Gasteiger partial charge is 0.388 e. The van der Waals surface area contributed by atoms with Gasteiger partial charge in [-0.3, -0.25) is 0 Å². The van der Waals surface area contributed by atoms with Crippen molar-refractivity contribution in [3.8, 4) is 0 Å². The third kappa shape index (κ3) is 2.97. The van der Waals surface area contributed by atoms with Gasteiger partial charge in [0.25, 0.3) is 0 Å². The Bertz CT molecular complexity index is 299. The lowest BCUT2D eigenvalue weighted by Crippen LogP contribution is -2.16. The standard InChI is InChI=1S/C10H12FNO/c11-10-4-2-1-3-8(10)5-6-9(13)7-12/h1-6,9,13H,7,12H2/b6-5+. The van der Waals surface area contributed by atoms with Crippen molar-refractivity contribution in [1.82, 2.24) is 0 Å². The molecule has 1 aromatic rings. The smallest absolute Gasteiger partial charge is 0.130 e. The van der Waals surface area contributed by atoms with Crippen molar-refractivity contribution in [3.05, 3.63) is 41.7 Å². The molecule has 1 aromatic carbocycles. The number of benzene rings is 1. The fraction of sp³-hybridized carbons (Fsp3) is 0.200. The fourth-order valence-corrected chi connectivity index (χ4v) is 0.904. The Hall–Kier alpha value is -1.19. The average molecular weight is 181 g/mol. The van der Waals surface area contributed by atoms with Crippen LogP contribution in [0.25, 0.3) is 6.08 Å². The van der Waals surface area contributed by atoms with Crippen molar-refractivity contribution in [2.75, 3.05) is 6.54 Å². The molecule has 70 valence electrons. The Balaban J connectivity index is 2.74. The molecule has 0 bridgehead atoms. The summed E-state index contributed by atoms with van der Waals surface area (Å²) in [4.78, 5) is 0. The van der Waals surface area contributed by atoms with E-state index in [9.17, 15) is 4.39 Å². The Labute approximate surface area is 76.5 Å². The van der Waals surface area contributed by atoms with Crippen molar-refractivity contribution < 1.29 is 9.50 Å². The SMILES string of the molecule is NCC(O)/C=C/c1ccccc1F. The number of rotatable bonds is 3. The first-order chi connectivity index (χ1) is 6.24. The first-order valence-corrected chi connectivity index (χ1v) is 4.05. The topological polar surface area (TPSA) is 46.2 Å². The highest BCUT2D eigenvalue weighted by molar-refractivity contribution is 5.50. The van der Waals surface area contributed by atoms with Crippen LogP contribution in [0.5, 0.6) is 0 Å². The molecule has 13 heavy (non-hydrogen) atoms. The van der Waals surface area contributed by atoms with Gasteiger partial charge in [-0.15, -0.1) is 0 Å². The maximum absolute atomic E-state index is 13.0. The molecular weight excluding hydrogens is 169 g/mol. The number of hydrogen-bond acceptors (Lipinski definition) is 2. The zero-order valence-corrected chi connectivity index (χ0v) is 7.15. The summed E-state index contributed by atoms with van der Waals surface area (Å²) < 4.78 is 13.0. The third-order valence-corrected chi connectivity index (χ3v) is 1.64. The van der Waals surface area contributed by atoms with Gasteiger partial charge in [0.05, 0.1) is 6.10 Å². The number of nitrogens with two attached hydrogens (primary N) is 1. The Morgan fingerprint density at radius 3 is 2.77 bits per heavy atom. The summed E-state index contributed by atoms with van der Waals surface area (Å²) in [5, 5.41) is 9.08.